The van der Waals surface area contributed by atoms with Gasteiger partial charge in [-0.15, -0.1) is 0 Å². The van der Waals surface area contributed by atoms with Gasteiger partial charge in [0.05, 0.1) is 12.2 Å². The molecular weight excluding hydrogens is 402 g/mol. The van der Waals surface area contributed by atoms with Crippen LogP contribution in [0.3, 0.4) is 0 Å². The van der Waals surface area contributed by atoms with Crippen molar-refractivity contribution in [2.75, 3.05) is 16.3 Å². The Morgan fingerprint density at radius 1 is 1.09 bits per heavy atom. The predicted molar refractivity (Wildman–Crippen MR) is 123 cm³/mol. The van der Waals surface area contributed by atoms with E-state index in [0.29, 0.717) is 30.1 Å². The summed E-state index contributed by atoms with van der Waals surface area (Å²) >= 11 is 0. The standard InChI is InChI=1S/C26H25N3O3/c1-26(2)25(31)29(17-18-7-5-13-27-16-18)22-15-20(11-12-23(22)32-26)24(30)28-14-6-9-19-8-3-4-10-21(19)28/h3-5,7-8,10-13,15-16H,6,9,14,17H2,1-2H3. The van der Waals surface area contributed by atoms with Crippen molar-refractivity contribution in [1.29, 1.82) is 0 Å². The molecule has 0 fully saturated rings. The summed E-state index contributed by atoms with van der Waals surface area (Å²) in [6, 6.07) is 17.2. The zero-order valence-corrected chi connectivity index (χ0v) is 18.2. The van der Waals surface area contributed by atoms with E-state index in [1.165, 1.54) is 5.56 Å². The highest BCUT2D eigenvalue weighted by atomic mass is 16.5. The Bertz CT molecular complexity index is 1190. The van der Waals surface area contributed by atoms with Gasteiger partial charge in [0.2, 0.25) is 0 Å². The SMILES string of the molecule is CC1(C)Oc2ccc(C(=O)N3CCCc4ccccc43)cc2N(Cc2cccnc2)C1=O. The topological polar surface area (TPSA) is 62.7 Å². The molecule has 3 heterocycles. The van der Waals surface area contributed by atoms with Crippen molar-refractivity contribution >= 4 is 23.2 Å². The summed E-state index contributed by atoms with van der Waals surface area (Å²) in [5, 5.41) is 0. The van der Waals surface area contributed by atoms with E-state index in [-0.39, 0.29) is 11.8 Å². The van der Waals surface area contributed by atoms with Crippen LogP contribution in [0.25, 0.3) is 0 Å². The molecule has 1 aromatic heterocycles. The van der Waals surface area contributed by atoms with Gasteiger partial charge in [-0.05, 0) is 68.1 Å². The summed E-state index contributed by atoms with van der Waals surface area (Å²) in [7, 11) is 0. The largest absolute Gasteiger partial charge is 0.476 e. The Morgan fingerprint density at radius 3 is 2.75 bits per heavy atom. The van der Waals surface area contributed by atoms with Crippen LogP contribution in [0.5, 0.6) is 5.75 Å². The van der Waals surface area contributed by atoms with Gasteiger partial charge in [-0.2, -0.15) is 0 Å². The smallest absolute Gasteiger partial charge is 0.271 e. The van der Waals surface area contributed by atoms with Crippen LogP contribution >= 0.6 is 0 Å². The summed E-state index contributed by atoms with van der Waals surface area (Å²) in [4.78, 5) is 34.4. The summed E-state index contributed by atoms with van der Waals surface area (Å²) in [5.41, 5.74) is 3.20. The molecule has 162 valence electrons. The maximum Gasteiger partial charge on any atom is 0.271 e. The quantitative estimate of drug-likeness (QED) is 0.622. The number of nitrogens with zero attached hydrogens (tertiary/aromatic N) is 3. The number of benzene rings is 2. The number of aryl methyl sites for hydroxylation is 1. The highest BCUT2D eigenvalue weighted by Crippen LogP contribution is 2.40. The summed E-state index contributed by atoms with van der Waals surface area (Å²) in [6.07, 6.45) is 5.35. The molecular formula is C26H25N3O3. The van der Waals surface area contributed by atoms with Crippen molar-refractivity contribution in [3.63, 3.8) is 0 Å². The number of hydrogen-bond acceptors (Lipinski definition) is 4. The summed E-state index contributed by atoms with van der Waals surface area (Å²) < 4.78 is 6.00. The lowest BCUT2D eigenvalue weighted by molar-refractivity contribution is -0.132. The fraction of sp³-hybridized carbons (Fsp3) is 0.269. The number of rotatable bonds is 3. The van der Waals surface area contributed by atoms with Gasteiger partial charge in [-0.25, -0.2) is 0 Å². The van der Waals surface area contributed by atoms with Crippen LogP contribution in [-0.4, -0.2) is 28.9 Å². The lowest BCUT2D eigenvalue weighted by Gasteiger charge is -2.39. The maximum atomic E-state index is 13.5. The Kier molecular flexibility index (Phi) is 4.93. The van der Waals surface area contributed by atoms with Crippen molar-refractivity contribution in [3.05, 3.63) is 83.7 Å². The van der Waals surface area contributed by atoms with Crippen LogP contribution in [0.4, 0.5) is 11.4 Å². The van der Waals surface area contributed by atoms with Crippen molar-refractivity contribution in [3.8, 4) is 5.75 Å². The molecule has 6 nitrogen and oxygen atoms in total. The third kappa shape index (κ3) is 3.51. The molecule has 0 saturated carbocycles. The first-order valence-corrected chi connectivity index (χ1v) is 10.9. The second-order valence-corrected chi connectivity index (χ2v) is 8.74. The van der Waals surface area contributed by atoms with Crippen LogP contribution in [0.2, 0.25) is 0 Å². The number of para-hydroxylation sites is 1. The van der Waals surface area contributed by atoms with Crippen LogP contribution in [-0.2, 0) is 17.8 Å². The van der Waals surface area contributed by atoms with E-state index in [1.54, 1.807) is 49.3 Å². The van der Waals surface area contributed by atoms with Gasteiger partial charge in [0.1, 0.15) is 5.75 Å². The van der Waals surface area contributed by atoms with Crippen LogP contribution in [0.15, 0.2) is 67.0 Å². The molecule has 6 heteroatoms. The minimum absolute atomic E-state index is 0.0708. The third-order valence-corrected chi connectivity index (χ3v) is 6.04. The molecule has 0 unspecified atom stereocenters. The number of aromatic nitrogens is 1. The Balaban J connectivity index is 1.53. The zero-order chi connectivity index (χ0) is 22.3. The Labute approximate surface area is 187 Å². The van der Waals surface area contributed by atoms with Gasteiger partial charge in [-0.3, -0.25) is 14.6 Å². The van der Waals surface area contributed by atoms with Crippen molar-refractivity contribution in [1.82, 2.24) is 4.98 Å². The van der Waals surface area contributed by atoms with Crippen LogP contribution in [0.1, 0.15) is 41.8 Å². The Morgan fingerprint density at radius 2 is 1.94 bits per heavy atom. The monoisotopic (exact) mass is 427 g/mol. The normalized spacial score (nSPS) is 16.8. The number of fused-ring (bicyclic) bond motifs is 2. The van der Waals surface area contributed by atoms with Crippen LogP contribution in [0, 0.1) is 0 Å². The van der Waals surface area contributed by atoms with Crippen molar-refractivity contribution in [2.45, 2.75) is 38.8 Å². The second-order valence-electron chi connectivity index (χ2n) is 8.74. The first kappa shape index (κ1) is 20.2. The van der Waals surface area contributed by atoms with E-state index in [0.717, 1.165) is 24.1 Å². The first-order chi connectivity index (χ1) is 15.4. The number of ether oxygens (including phenoxy) is 1. The highest BCUT2D eigenvalue weighted by molar-refractivity contribution is 6.09. The number of pyridine rings is 1. The number of carbonyl (C=O) groups is 2. The van der Waals surface area contributed by atoms with Gasteiger partial charge >= 0.3 is 0 Å². The average molecular weight is 428 g/mol. The van der Waals surface area contributed by atoms with Gasteiger partial charge < -0.3 is 14.5 Å². The van der Waals surface area contributed by atoms with Crippen LogP contribution < -0.4 is 14.5 Å². The number of carbonyl (C=O) groups excluding carboxylic acids is 2. The van der Waals surface area contributed by atoms with Gasteiger partial charge in [0, 0.05) is 30.2 Å². The molecule has 0 atom stereocenters. The first-order valence-electron chi connectivity index (χ1n) is 10.9. The molecule has 32 heavy (non-hydrogen) atoms. The Hall–Kier alpha value is -3.67. The third-order valence-electron chi connectivity index (χ3n) is 6.04. The van der Waals surface area contributed by atoms with Crippen molar-refractivity contribution in [2.24, 2.45) is 0 Å². The summed E-state index contributed by atoms with van der Waals surface area (Å²) in [5.74, 6) is 0.370. The molecule has 0 bridgehead atoms. The molecule has 0 radical (unpaired) electrons. The van der Waals surface area contributed by atoms with Gasteiger partial charge in [-0.1, -0.05) is 24.3 Å². The van der Waals surface area contributed by atoms with E-state index < -0.39 is 5.60 Å². The molecule has 0 aliphatic carbocycles. The number of hydrogen-bond donors (Lipinski definition) is 0. The minimum atomic E-state index is -0.994. The highest BCUT2D eigenvalue weighted by Gasteiger charge is 2.41. The minimum Gasteiger partial charge on any atom is -0.476 e. The average Bonchev–Trinajstić information content (AvgIpc) is 2.81. The second kappa shape index (κ2) is 7.79. The number of amides is 2. The zero-order valence-electron chi connectivity index (χ0n) is 18.2. The molecule has 5 rings (SSSR count). The van der Waals surface area contributed by atoms with Gasteiger partial charge in [0.15, 0.2) is 5.60 Å². The van der Waals surface area contributed by atoms with E-state index in [9.17, 15) is 9.59 Å². The van der Waals surface area contributed by atoms with E-state index >= 15 is 0 Å². The van der Waals surface area contributed by atoms with Gasteiger partial charge in [0.25, 0.3) is 11.8 Å². The fourth-order valence-corrected chi connectivity index (χ4v) is 4.43. The molecule has 3 aromatic rings. The van der Waals surface area contributed by atoms with E-state index in [1.807, 2.05) is 35.2 Å². The van der Waals surface area contributed by atoms with E-state index in [4.69, 9.17) is 4.74 Å². The molecule has 2 amide bonds. The molecule has 0 spiro atoms. The lowest BCUT2D eigenvalue weighted by atomic mass is 9.99. The summed E-state index contributed by atoms with van der Waals surface area (Å²) in [6.45, 7) is 4.56. The fourth-order valence-electron chi connectivity index (χ4n) is 4.43. The predicted octanol–water partition coefficient (Wildman–Crippen LogP) is 4.38. The lowest BCUT2D eigenvalue weighted by Crippen LogP contribution is -2.52. The molecule has 0 saturated heterocycles. The molecule has 0 N–H and O–H groups in total. The molecule has 2 aromatic carbocycles. The molecule has 2 aliphatic rings. The molecule has 2 aliphatic heterocycles. The number of anilines is 2. The maximum absolute atomic E-state index is 13.5. The van der Waals surface area contributed by atoms with Crippen molar-refractivity contribution < 1.29 is 14.3 Å². The van der Waals surface area contributed by atoms with E-state index in [2.05, 4.69) is 11.1 Å².